The summed E-state index contributed by atoms with van der Waals surface area (Å²) in [5.41, 5.74) is 2.35. The number of hydrogen-bond acceptors (Lipinski definition) is 2. The average molecular weight is 326 g/mol. The van der Waals surface area contributed by atoms with Gasteiger partial charge in [0.2, 0.25) is 0 Å². The Morgan fingerprint density at radius 1 is 1.08 bits per heavy atom. The third-order valence-electron chi connectivity index (χ3n) is 6.36. The quantitative estimate of drug-likeness (QED) is 0.866. The topological polar surface area (TPSA) is 30.7 Å². The lowest BCUT2D eigenvalue weighted by Crippen LogP contribution is -3.15. The normalized spacial score (nSPS) is 35.4. The van der Waals surface area contributed by atoms with Crippen LogP contribution in [0.25, 0.3) is 5.57 Å². The molecule has 1 aliphatic carbocycles. The molecule has 2 bridgehead atoms. The van der Waals surface area contributed by atoms with Gasteiger partial charge in [0.1, 0.15) is 6.10 Å². The highest BCUT2D eigenvalue weighted by Crippen LogP contribution is 2.34. The lowest BCUT2D eigenvalue weighted by molar-refractivity contribution is -0.923. The van der Waals surface area contributed by atoms with Gasteiger partial charge in [-0.05, 0) is 30.4 Å². The molecule has 2 aliphatic heterocycles. The fourth-order valence-corrected chi connectivity index (χ4v) is 4.94. The van der Waals surface area contributed by atoms with Crippen LogP contribution in [0.2, 0.25) is 0 Å². The summed E-state index contributed by atoms with van der Waals surface area (Å²) in [6.45, 7) is 0. The van der Waals surface area contributed by atoms with Gasteiger partial charge in [0, 0.05) is 25.7 Å². The zero-order valence-corrected chi connectivity index (χ0v) is 14.5. The van der Waals surface area contributed by atoms with Crippen LogP contribution < -0.4 is 4.90 Å². The molecule has 3 unspecified atom stereocenters. The maximum atomic E-state index is 12.9. The molecule has 0 saturated carbocycles. The van der Waals surface area contributed by atoms with Crippen molar-refractivity contribution in [3.05, 3.63) is 42.0 Å². The van der Waals surface area contributed by atoms with Crippen LogP contribution in [0.3, 0.4) is 0 Å². The molecule has 0 amide bonds. The molecule has 1 aromatic carbocycles. The lowest BCUT2D eigenvalue weighted by Gasteiger charge is -2.34. The maximum Gasteiger partial charge on any atom is 0.313 e. The monoisotopic (exact) mass is 326 g/mol. The second kappa shape index (κ2) is 6.72. The summed E-state index contributed by atoms with van der Waals surface area (Å²) in [5.74, 6) is -0.0698. The van der Waals surface area contributed by atoms with E-state index in [1.807, 2.05) is 18.2 Å². The van der Waals surface area contributed by atoms with E-state index in [1.54, 1.807) is 4.90 Å². The number of quaternary nitrogens is 1. The van der Waals surface area contributed by atoms with Crippen LogP contribution >= 0.6 is 0 Å². The number of nitrogens with one attached hydrogen (secondary N) is 1. The molecule has 1 aromatic rings. The molecule has 0 radical (unpaired) electrons. The van der Waals surface area contributed by atoms with Crippen molar-refractivity contribution < 1.29 is 14.4 Å². The first-order valence-electron chi connectivity index (χ1n) is 9.51. The van der Waals surface area contributed by atoms with Crippen LogP contribution in [0, 0.1) is 5.92 Å². The number of carbonyl (C=O) groups excluding carboxylic acids is 1. The fourth-order valence-electron chi connectivity index (χ4n) is 4.94. The third-order valence-corrected chi connectivity index (χ3v) is 6.36. The zero-order valence-electron chi connectivity index (χ0n) is 14.5. The van der Waals surface area contributed by atoms with Crippen molar-refractivity contribution in [1.29, 1.82) is 0 Å². The predicted octanol–water partition coefficient (Wildman–Crippen LogP) is 2.62. The molecule has 0 spiro atoms. The first-order chi connectivity index (χ1) is 11.7. The van der Waals surface area contributed by atoms with Gasteiger partial charge in [-0.1, -0.05) is 36.4 Å². The molecule has 5 atom stereocenters. The van der Waals surface area contributed by atoms with Crippen molar-refractivity contribution in [2.24, 2.45) is 5.92 Å². The maximum absolute atomic E-state index is 12.9. The Kier molecular flexibility index (Phi) is 4.45. The standard InChI is InChI=1S/C21H27NO2/c1-22-16-11-12-17(22)14-18(13-16)24-21(23)20-10-6-5-9-19(20)15-7-3-2-4-8-15/h2-4,7-9,16-18,20H,5-6,10-14H2,1H3/p+1/t16-,17+,18?,20?. The van der Waals surface area contributed by atoms with Crippen LogP contribution in [0.5, 0.6) is 0 Å². The Hall–Kier alpha value is -1.61. The van der Waals surface area contributed by atoms with Gasteiger partial charge in [0.25, 0.3) is 0 Å². The molecular weight excluding hydrogens is 298 g/mol. The predicted molar refractivity (Wildman–Crippen MR) is 94.6 cm³/mol. The van der Waals surface area contributed by atoms with Crippen LogP contribution in [0.4, 0.5) is 0 Å². The van der Waals surface area contributed by atoms with Crippen LogP contribution in [-0.4, -0.2) is 31.2 Å². The Balaban J connectivity index is 1.45. The van der Waals surface area contributed by atoms with Crippen molar-refractivity contribution in [3.8, 4) is 0 Å². The van der Waals surface area contributed by atoms with Gasteiger partial charge in [-0.25, -0.2) is 0 Å². The Bertz CT molecular complexity index is 610. The minimum Gasteiger partial charge on any atom is -0.461 e. The van der Waals surface area contributed by atoms with Gasteiger partial charge >= 0.3 is 5.97 Å². The summed E-state index contributed by atoms with van der Waals surface area (Å²) >= 11 is 0. The van der Waals surface area contributed by atoms with Crippen molar-refractivity contribution >= 4 is 11.5 Å². The van der Waals surface area contributed by atoms with E-state index in [2.05, 4.69) is 25.3 Å². The summed E-state index contributed by atoms with van der Waals surface area (Å²) in [6, 6.07) is 11.7. The fraction of sp³-hybridized carbons (Fsp3) is 0.571. The molecule has 2 fully saturated rings. The van der Waals surface area contributed by atoms with Crippen molar-refractivity contribution in [1.82, 2.24) is 0 Å². The number of ether oxygens (including phenoxy) is 1. The van der Waals surface area contributed by atoms with Crippen molar-refractivity contribution in [2.45, 2.75) is 63.1 Å². The highest BCUT2D eigenvalue weighted by atomic mass is 16.5. The number of benzene rings is 1. The Morgan fingerprint density at radius 3 is 2.50 bits per heavy atom. The van der Waals surface area contributed by atoms with Gasteiger partial charge in [-0.15, -0.1) is 0 Å². The van der Waals surface area contributed by atoms with E-state index < -0.39 is 0 Å². The summed E-state index contributed by atoms with van der Waals surface area (Å²) < 4.78 is 6.02. The third kappa shape index (κ3) is 3.02. The summed E-state index contributed by atoms with van der Waals surface area (Å²) in [5, 5.41) is 0. The number of esters is 1. The smallest absolute Gasteiger partial charge is 0.313 e. The zero-order chi connectivity index (χ0) is 16.5. The molecule has 0 aromatic heterocycles. The average Bonchev–Trinajstić information content (AvgIpc) is 2.84. The van der Waals surface area contributed by atoms with Crippen LogP contribution in [-0.2, 0) is 9.53 Å². The van der Waals surface area contributed by atoms with Gasteiger partial charge in [-0.2, -0.15) is 0 Å². The van der Waals surface area contributed by atoms with Crippen molar-refractivity contribution in [3.63, 3.8) is 0 Å². The minimum absolute atomic E-state index is 0.00811. The number of hydrogen-bond donors (Lipinski definition) is 1. The highest BCUT2D eigenvalue weighted by Gasteiger charge is 2.44. The molecule has 4 rings (SSSR count). The molecule has 3 nitrogen and oxygen atoms in total. The second-order valence-corrected chi connectivity index (χ2v) is 7.75. The van der Waals surface area contributed by atoms with Gasteiger partial charge in [-0.3, -0.25) is 4.79 Å². The molecule has 3 heteroatoms. The number of fused-ring (bicyclic) bond motifs is 2. The molecule has 3 aliphatic rings. The number of rotatable bonds is 3. The van der Waals surface area contributed by atoms with Crippen LogP contribution in [0.1, 0.15) is 50.5 Å². The van der Waals surface area contributed by atoms with Gasteiger partial charge < -0.3 is 9.64 Å². The second-order valence-electron chi connectivity index (χ2n) is 7.75. The van der Waals surface area contributed by atoms with E-state index in [4.69, 9.17) is 4.74 Å². The summed E-state index contributed by atoms with van der Waals surface area (Å²) in [6.07, 6.45) is 10.1. The Morgan fingerprint density at radius 2 is 1.79 bits per heavy atom. The SMILES string of the molecule is C[NH+]1[C@@H]2CC[C@H]1CC(OC(=O)C1CCCC=C1c1ccccc1)C2. The molecule has 128 valence electrons. The summed E-state index contributed by atoms with van der Waals surface area (Å²) in [7, 11) is 2.30. The number of allylic oxidation sites excluding steroid dienone is 1. The minimum atomic E-state index is -0.0780. The van der Waals surface area contributed by atoms with E-state index in [0.29, 0.717) is 12.1 Å². The largest absolute Gasteiger partial charge is 0.461 e. The molecule has 2 saturated heterocycles. The van der Waals surface area contributed by atoms with Gasteiger partial charge in [0.15, 0.2) is 0 Å². The lowest BCUT2D eigenvalue weighted by atomic mass is 9.83. The van der Waals surface area contributed by atoms with E-state index in [-0.39, 0.29) is 18.0 Å². The molecule has 2 heterocycles. The van der Waals surface area contributed by atoms with E-state index in [9.17, 15) is 4.79 Å². The van der Waals surface area contributed by atoms with Gasteiger partial charge in [0.05, 0.1) is 25.0 Å². The number of piperidine rings is 1. The first kappa shape index (κ1) is 15.9. The Labute approximate surface area is 144 Å². The summed E-state index contributed by atoms with van der Waals surface area (Å²) in [4.78, 5) is 14.6. The molecule has 1 N–H and O–H groups in total. The molecular formula is C21H28NO2+. The first-order valence-corrected chi connectivity index (χ1v) is 9.51. The van der Waals surface area contributed by atoms with Crippen molar-refractivity contribution in [2.75, 3.05) is 7.05 Å². The van der Waals surface area contributed by atoms with E-state index >= 15 is 0 Å². The molecule has 24 heavy (non-hydrogen) atoms. The number of carbonyl (C=O) groups is 1. The van der Waals surface area contributed by atoms with E-state index in [1.165, 1.54) is 24.0 Å². The van der Waals surface area contributed by atoms with E-state index in [0.717, 1.165) is 32.1 Å². The highest BCUT2D eigenvalue weighted by molar-refractivity contribution is 5.89. The van der Waals surface area contributed by atoms with Crippen LogP contribution in [0.15, 0.2) is 36.4 Å².